The van der Waals surface area contributed by atoms with E-state index in [9.17, 15) is 25.2 Å². The second-order valence-electron chi connectivity index (χ2n) is 13.5. The minimum Gasteiger partial charge on any atom is -0.504 e. The molecule has 1 fully saturated rings. The zero-order chi connectivity index (χ0) is 42.6. The van der Waals surface area contributed by atoms with E-state index in [4.69, 9.17) is 29.2 Å². The van der Waals surface area contributed by atoms with Gasteiger partial charge in [0.05, 0.1) is 27.4 Å². The molecule has 5 rings (SSSR count). The lowest BCUT2D eigenvalue weighted by molar-refractivity contribution is 0.131. The molecule has 0 atom stereocenters. The fourth-order valence-corrected chi connectivity index (χ4v) is 6.35. The summed E-state index contributed by atoms with van der Waals surface area (Å²) in [6.45, 7) is 8.94. The van der Waals surface area contributed by atoms with Crippen molar-refractivity contribution in [1.29, 1.82) is 0 Å². The first kappa shape index (κ1) is 46.8. The van der Waals surface area contributed by atoms with E-state index in [0.29, 0.717) is 47.0 Å². The predicted molar refractivity (Wildman–Crippen MR) is 222 cm³/mol. The topological polar surface area (TPSA) is 194 Å². The molecule has 0 unspecified atom stereocenters. The molecule has 1 saturated heterocycles. The molecule has 0 saturated carbocycles. The van der Waals surface area contributed by atoms with Gasteiger partial charge in [-0.3, -0.25) is 0 Å². The largest absolute Gasteiger partial charge is 0.508 e. The molecular weight excluding hydrogens is 748 g/mol. The number of benzene rings is 4. The normalized spacial score (nSPS) is 11.7. The number of aromatic hydroxyl groups is 4. The van der Waals surface area contributed by atoms with Crippen molar-refractivity contribution in [3.63, 3.8) is 0 Å². The molecule has 13 nitrogen and oxygen atoms in total. The van der Waals surface area contributed by atoms with Crippen molar-refractivity contribution < 1.29 is 63.9 Å². The Morgan fingerprint density at radius 3 is 0.983 bits per heavy atom. The minimum atomic E-state index is -0.546. The number of hydrogen-bond acceptors (Lipinski definition) is 13. The van der Waals surface area contributed by atoms with Crippen LogP contribution in [0.25, 0.3) is 22.3 Å². The Morgan fingerprint density at radius 1 is 0.483 bits per heavy atom. The molecule has 6 N–H and O–H groups in total. The van der Waals surface area contributed by atoms with Crippen LogP contribution >= 0.6 is 0 Å². The number of aliphatic hydroxyl groups is 2. The van der Waals surface area contributed by atoms with E-state index in [-0.39, 0.29) is 60.9 Å². The SMILES string of the molecule is CCCc1cc(OC)c(O)c(-c2cc(CCC)cc(OC)c2O)c1.CCCc1cc(OCCO)c(O)c(-c2cc(CCC)cc(OCCO)c2O)c1.O=C1OCCO1. The predicted octanol–water partition coefficient (Wildman–Crippen LogP) is 8.25. The Labute approximate surface area is 341 Å². The Hall–Kier alpha value is -5.53. The van der Waals surface area contributed by atoms with E-state index in [1.165, 1.54) is 14.2 Å². The zero-order valence-electron chi connectivity index (χ0n) is 34.6. The number of ether oxygens (including phenoxy) is 6. The molecule has 0 aromatic heterocycles. The highest BCUT2D eigenvalue weighted by Gasteiger charge is 2.21. The van der Waals surface area contributed by atoms with Gasteiger partial charge in [0.25, 0.3) is 0 Å². The van der Waals surface area contributed by atoms with Crippen LogP contribution in [0.15, 0.2) is 48.5 Å². The first-order valence-electron chi connectivity index (χ1n) is 19.8. The molecule has 1 aliphatic rings. The Kier molecular flexibility index (Phi) is 19.6. The van der Waals surface area contributed by atoms with Gasteiger partial charge >= 0.3 is 6.16 Å². The molecule has 0 amide bonds. The first-order chi connectivity index (χ1) is 28.0. The molecule has 58 heavy (non-hydrogen) atoms. The molecule has 4 aromatic carbocycles. The van der Waals surface area contributed by atoms with Gasteiger partial charge in [0, 0.05) is 22.3 Å². The molecule has 13 heteroatoms. The van der Waals surface area contributed by atoms with E-state index >= 15 is 0 Å². The van der Waals surface area contributed by atoms with E-state index in [2.05, 4.69) is 37.2 Å². The average molecular weight is 809 g/mol. The van der Waals surface area contributed by atoms with E-state index < -0.39 is 6.16 Å². The van der Waals surface area contributed by atoms with Gasteiger partial charge in [0.2, 0.25) is 0 Å². The van der Waals surface area contributed by atoms with Gasteiger partial charge in [-0.1, -0.05) is 53.4 Å². The van der Waals surface area contributed by atoms with Crippen LogP contribution in [-0.4, -0.2) is 90.7 Å². The highest BCUT2D eigenvalue weighted by molar-refractivity contribution is 5.82. The summed E-state index contributed by atoms with van der Waals surface area (Å²) in [5, 5.41) is 60.8. The van der Waals surface area contributed by atoms with Gasteiger partial charge in [-0.25, -0.2) is 4.79 Å². The summed E-state index contributed by atoms with van der Waals surface area (Å²) in [6, 6.07) is 14.7. The Balaban J connectivity index is 0.000000273. The van der Waals surface area contributed by atoms with Gasteiger partial charge in [-0.15, -0.1) is 0 Å². The number of phenols is 4. The lowest BCUT2D eigenvalue weighted by Gasteiger charge is -2.17. The number of methoxy groups -OCH3 is 2. The lowest BCUT2D eigenvalue weighted by Crippen LogP contribution is -2.04. The molecule has 1 aliphatic heterocycles. The standard InChI is InChI=1S/C22H30O6.C20H26O4.C3H4O3/c1-3-5-15-11-17(21(25)19(13-15)27-9-7-23)18-12-16(6-4-2)14-20(22(18)26)28-10-8-24;1-5-7-13-9-15(19(21)17(11-13)23-3)16-10-14(8-6-2)12-18(24-4)20(16)22;4-3-5-1-2-6-3/h11-14,23-26H,3-10H2,1-2H3;9-12,21-22H,5-8H2,1-4H3;1-2H2. The highest BCUT2D eigenvalue weighted by Crippen LogP contribution is 2.47. The molecule has 0 bridgehead atoms. The van der Waals surface area contributed by atoms with E-state index in [1.54, 1.807) is 12.1 Å². The number of phenolic OH excluding ortho intramolecular Hbond substituents is 4. The fraction of sp³-hybridized carbons (Fsp3) is 0.444. The Bertz CT molecular complexity index is 1770. The van der Waals surface area contributed by atoms with Gasteiger partial charge in [0.1, 0.15) is 26.4 Å². The van der Waals surface area contributed by atoms with Crippen LogP contribution in [-0.2, 0) is 35.2 Å². The van der Waals surface area contributed by atoms with Crippen molar-refractivity contribution in [3.8, 4) is 68.2 Å². The van der Waals surface area contributed by atoms with Crippen LogP contribution in [0.5, 0.6) is 46.0 Å². The van der Waals surface area contributed by atoms with Gasteiger partial charge in [-0.05, 0) is 96.5 Å². The molecule has 0 aliphatic carbocycles. The lowest BCUT2D eigenvalue weighted by atomic mass is 9.95. The zero-order valence-corrected chi connectivity index (χ0v) is 34.6. The van der Waals surface area contributed by atoms with Crippen LogP contribution in [0.4, 0.5) is 4.79 Å². The van der Waals surface area contributed by atoms with Crippen molar-refractivity contribution in [2.45, 2.75) is 79.1 Å². The number of aliphatic hydroxyl groups excluding tert-OH is 2. The quantitative estimate of drug-likeness (QED) is 0.0527. The monoisotopic (exact) mass is 808 g/mol. The molecule has 0 spiro atoms. The molecule has 1 heterocycles. The third-order valence-electron chi connectivity index (χ3n) is 8.93. The van der Waals surface area contributed by atoms with E-state index in [1.807, 2.05) is 36.4 Å². The van der Waals surface area contributed by atoms with Crippen molar-refractivity contribution in [1.82, 2.24) is 0 Å². The maximum atomic E-state index is 10.8. The maximum absolute atomic E-state index is 10.8. The summed E-state index contributed by atoms with van der Waals surface area (Å²) >= 11 is 0. The number of cyclic esters (lactones) is 2. The average Bonchev–Trinajstić information content (AvgIpc) is 3.70. The number of rotatable bonds is 18. The number of carbonyl (C=O) groups excluding carboxylic acids is 1. The van der Waals surface area contributed by atoms with Crippen LogP contribution in [0.3, 0.4) is 0 Å². The number of aryl methyl sites for hydroxylation is 4. The second kappa shape index (κ2) is 24.3. The smallest absolute Gasteiger partial charge is 0.504 e. The summed E-state index contributed by atoms with van der Waals surface area (Å²) in [5.41, 5.74) is 6.05. The Morgan fingerprint density at radius 2 is 0.759 bits per heavy atom. The van der Waals surface area contributed by atoms with Gasteiger partial charge < -0.3 is 59.1 Å². The number of hydrogen-bond donors (Lipinski definition) is 6. The summed E-state index contributed by atoms with van der Waals surface area (Å²) in [4.78, 5) is 9.80. The minimum absolute atomic E-state index is 0.0309. The van der Waals surface area contributed by atoms with Crippen molar-refractivity contribution >= 4 is 6.16 Å². The molecular formula is C45H60O13. The second-order valence-corrected chi connectivity index (χ2v) is 13.5. The summed E-state index contributed by atoms with van der Waals surface area (Å²) in [6.07, 6.45) is 6.56. The highest BCUT2D eigenvalue weighted by atomic mass is 16.8. The summed E-state index contributed by atoms with van der Waals surface area (Å²) in [7, 11) is 3.06. The van der Waals surface area contributed by atoms with Crippen molar-refractivity contribution in [2.75, 3.05) is 53.9 Å². The third kappa shape index (κ3) is 13.0. The van der Waals surface area contributed by atoms with Crippen LogP contribution < -0.4 is 18.9 Å². The van der Waals surface area contributed by atoms with Crippen LogP contribution in [0, 0.1) is 0 Å². The van der Waals surface area contributed by atoms with Gasteiger partial charge in [0.15, 0.2) is 46.0 Å². The first-order valence-corrected chi connectivity index (χ1v) is 19.8. The van der Waals surface area contributed by atoms with Crippen molar-refractivity contribution in [3.05, 3.63) is 70.8 Å². The number of carbonyl (C=O) groups is 1. The summed E-state index contributed by atoms with van der Waals surface area (Å²) < 4.78 is 30.2. The van der Waals surface area contributed by atoms with Crippen LogP contribution in [0.2, 0.25) is 0 Å². The molecule has 4 aromatic rings. The third-order valence-corrected chi connectivity index (χ3v) is 8.93. The van der Waals surface area contributed by atoms with E-state index in [0.717, 1.165) is 73.6 Å². The van der Waals surface area contributed by atoms with Crippen LogP contribution in [0.1, 0.15) is 75.6 Å². The van der Waals surface area contributed by atoms with Gasteiger partial charge in [-0.2, -0.15) is 0 Å². The summed E-state index contributed by atoms with van der Waals surface area (Å²) in [5.74, 6) is 1.24. The molecule has 318 valence electrons. The fourth-order valence-electron chi connectivity index (χ4n) is 6.35. The maximum Gasteiger partial charge on any atom is 0.508 e. The van der Waals surface area contributed by atoms with Crippen molar-refractivity contribution in [2.24, 2.45) is 0 Å². The molecule has 0 radical (unpaired) electrons.